The first-order valence-corrected chi connectivity index (χ1v) is 7.31. The molecule has 0 unspecified atom stereocenters. The van der Waals surface area contributed by atoms with E-state index in [-0.39, 0.29) is 11.3 Å². The highest BCUT2D eigenvalue weighted by Crippen LogP contribution is 2.29. The van der Waals surface area contributed by atoms with Crippen LogP contribution in [0, 0.1) is 12.3 Å². The highest BCUT2D eigenvalue weighted by Gasteiger charge is 2.23. The fraction of sp³-hybridized carbons (Fsp3) is 0.316. The Balaban J connectivity index is 2.40. The quantitative estimate of drug-likeness (QED) is 0.766. The van der Waals surface area contributed by atoms with E-state index in [2.05, 4.69) is 20.8 Å². The molecular weight excluding hydrogens is 258 g/mol. The smallest absolute Gasteiger partial charge is 0.232 e. The third kappa shape index (κ3) is 4.19. The summed E-state index contributed by atoms with van der Waals surface area (Å²) < 4.78 is 0. The molecule has 0 fully saturated rings. The van der Waals surface area contributed by atoms with Gasteiger partial charge in [-0.1, -0.05) is 56.7 Å². The van der Waals surface area contributed by atoms with Gasteiger partial charge in [-0.3, -0.25) is 9.69 Å². The molecule has 21 heavy (non-hydrogen) atoms. The zero-order valence-corrected chi connectivity index (χ0v) is 13.3. The maximum Gasteiger partial charge on any atom is 0.232 e. The number of rotatable bonds is 3. The molecule has 0 bridgehead atoms. The zero-order valence-electron chi connectivity index (χ0n) is 13.3. The van der Waals surface area contributed by atoms with Crippen LogP contribution < -0.4 is 4.90 Å². The molecule has 0 N–H and O–H groups in total. The monoisotopic (exact) mass is 281 g/mol. The van der Waals surface area contributed by atoms with Crippen LogP contribution in [-0.2, 0) is 4.79 Å². The molecule has 0 atom stereocenters. The van der Waals surface area contributed by atoms with Gasteiger partial charge >= 0.3 is 0 Å². The van der Waals surface area contributed by atoms with Crippen molar-refractivity contribution in [3.05, 3.63) is 60.2 Å². The Morgan fingerprint density at radius 1 is 0.905 bits per heavy atom. The lowest BCUT2D eigenvalue weighted by Gasteiger charge is -2.27. The third-order valence-corrected chi connectivity index (χ3v) is 3.24. The average molecular weight is 281 g/mol. The summed E-state index contributed by atoms with van der Waals surface area (Å²) in [5.41, 5.74) is 2.99. The van der Waals surface area contributed by atoms with Gasteiger partial charge in [0.25, 0.3) is 0 Å². The molecule has 0 aliphatic rings. The lowest BCUT2D eigenvalue weighted by molar-refractivity contribution is -0.119. The molecule has 2 aromatic rings. The van der Waals surface area contributed by atoms with Gasteiger partial charge in [-0.05, 0) is 36.6 Å². The van der Waals surface area contributed by atoms with E-state index in [1.807, 2.05) is 66.4 Å². The van der Waals surface area contributed by atoms with Crippen molar-refractivity contribution in [2.24, 2.45) is 5.41 Å². The predicted molar refractivity (Wildman–Crippen MR) is 88.8 cm³/mol. The number of hydrogen-bond donors (Lipinski definition) is 0. The van der Waals surface area contributed by atoms with Gasteiger partial charge < -0.3 is 0 Å². The highest BCUT2D eigenvalue weighted by molar-refractivity contribution is 6.00. The molecular formula is C19H23NO. The largest absolute Gasteiger partial charge is 0.281 e. The van der Waals surface area contributed by atoms with Crippen LogP contribution in [0.4, 0.5) is 11.4 Å². The fourth-order valence-electron chi connectivity index (χ4n) is 2.24. The number of nitrogens with zero attached hydrogens (tertiary/aromatic N) is 1. The summed E-state index contributed by atoms with van der Waals surface area (Å²) in [6, 6.07) is 17.9. The molecule has 0 saturated heterocycles. The SMILES string of the molecule is Cc1ccc(N(C(=O)CC(C)(C)C)c2ccccc2)cc1. The van der Waals surface area contributed by atoms with E-state index in [4.69, 9.17) is 0 Å². The Hall–Kier alpha value is -2.09. The van der Waals surface area contributed by atoms with Crippen LogP contribution >= 0.6 is 0 Å². The first-order chi connectivity index (χ1) is 9.87. The van der Waals surface area contributed by atoms with Gasteiger partial charge in [0.1, 0.15) is 0 Å². The molecule has 0 spiro atoms. The fourth-order valence-corrected chi connectivity index (χ4v) is 2.24. The van der Waals surface area contributed by atoms with Crippen LogP contribution in [0.5, 0.6) is 0 Å². The summed E-state index contributed by atoms with van der Waals surface area (Å²) in [4.78, 5) is 14.6. The average Bonchev–Trinajstić information content (AvgIpc) is 2.40. The van der Waals surface area contributed by atoms with E-state index in [1.165, 1.54) is 5.56 Å². The minimum atomic E-state index is -0.0329. The Morgan fingerprint density at radius 2 is 1.43 bits per heavy atom. The Morgan fingerprint density at radius 3 is 1.95 bits per heavy atom. The Bertz CT molecular complexity index is 594. The summed E-state index contributed by atoms with van der Waals surface area (Å²) in [5.74, 6) is 0.123. The molecule has 1 amide bonds. The van der Waals surface area contributed by atoms with Crippen LogP contribution in [0.1, 0.15) is 32.8 Å². The summed E-state index contributed by atoms with van der Waals surface area (Å²) in [6.07, 6.45) is 0.510. The number of anilines is 2. The van der Waals surface area contributed by atoms with Crippen LogP contribution in [0.25, 0.3) is 0 Å². The van der Waals surface area contributed by atoms with Gasteiger partial charge in [0, 0.05) is 17.8 Å². The van der Waals surface area contributed by atoms with Crippen molar-refractivity contribution in [2.75, 3.05) is 4.90 Å². The van der Waals surface area contributed by atoms with E-state index in [0.717, 1.165) is 11.4 Å². The molecule has 0 aliphatic heterocycles. The highest BCUT2D eigenvalue weighted by atomic mass is 16.2. The molecule has 110 valence electrons. The van der Waals surface area contributed by atoms with Crippen LogP contribution in [0.2, 0.25) is 0 Å². The van der Waals surface area contributed by atoms with Crippen molar-refractivity contribution >= 4 is 17.3 Å². The van der Waals surface area contributed by atoms with E-state index >= 15 is 0 Å². The van der Waals surface area contributed by atoms with Crippen molar-refractivity contribution in [3.63, 3.8) is 0 Å². The number of para-hydroxylation sites is 1. The van der Waals surface area contributed by atoms with Gasteiger partial charge in [0.2, 0.25) is 5.91 Å². The third-order valence-electron chi connectivity index (χ3n) is 3.24. The second-order valence-corrected chi connectivity index (χ2v) is 6.64. The van der Waals surface area contributed by atoms with Gasteiger partial charge in [-0.15, -0.1) is 0 Å². The van der Waals surface area contributed by atoms with E-state index in [9.17, 15) is 4.79 Å². The van der Waals surface area contributed by atoms with Crippen molar-refractivity contribution in [1.82, 2.24) is 0 Å². The molecule has 2 rings (SSSR count). The van der Waals surface area contributed by atoms with Crippen LogP contribution in [-0.4, -0.2) is 5.91 Å². The number of aryl methyl sites for hydroxylation is 1. The summed E-state index contributed by atoms with van der Waals surface area (Å²) in [5, 5.41) is 0. The Labute approximate surface area is 127 Å². The predicted octanol–water partition coefficient (Wildman–Crippen LogP) is 5.10. The standard InChI is InChI=1S/C19H23NO/c1-15-10-12-17(13-11-15)20(16-8-6-5-7-9-16)18(21)14-19(2,3)4/h5-13H,14H2,1-4H3. The molecule has 0 saturated carbocycles. The molecule has 0 aromatic heterocycles. The van der Waals surface area contributed by atoms with Crippen molar-refractivity contribution in [3.8, 4) is 0 Å². The number of carbonyl (C=O) groups is 1. The van der Waals surface area contributed by atoms with E-state index in [0.29, 0.717) is 6.42 Å². The van der Waals surface area contributed by atoms with E-state index in [1.54, 1.807) is 0 Å². The number of carbonyl (C=O) groups excluding carboxylic acids is 1. The number of hydrogen-bond acceptors (Lipinski definition) is 1. The lowest BCUT2D eigenvalue weighted by atomic mass is 9.91. The van der Waals surface area contributed by atoms with Crippen molar-refractivity contribution < 1.29 is 4.79 Å². The molecule has 2 aromatic carbocycles. The zero-order chi connectivity index (χ0) is 15.5. The number of amides is 1. The van der Waals surface area contributed by atoms with E-state index < -0.39 is 0 Å². The van der Waals surface area contributed by atoms with Crippen LogP contribution in [0.15, 0.2) is 54.6 Å². The van der Waals surface area contributed by atoms with Crippen molar-refractivity contribution in [1.29, 1.82) is 0 Å². The maximum atomic E-state index is 12.8. The minimum Gasteiger partial charge on any atom is -0.281 e. The summed E-state index contributed by atoms with van der Waals surface area (Å²) >= 11 is 0. The first kappa shape index (κ1) is 15.3. The molecule has 2 nitrogen and oxygen atoms in total. The minimum absolute atomic E-state index is 0.0329. The van der Waals surface area contributed by atoms with Gasteiger partial charge in [-0.2, -0.15) is 0 Å². The maximum absolute atomic E-state index is 12.8. The second-order valence-electron chi connectivity index (χ2n) is 6.64. The van der Waals surface area contributed by atoms with Gasteiger partial charge in [-0.25, -0.2) is 0 Å². The second kappa shape index (κ2) is 6.13. The normalized spacial score (nSPS) is 11.2. The lowest BCUT2D eigenvalue weighted by Crippen LogP contribution is -2.29. The molecule has 0 radical (unpaired) electrons. The first-order valence-electron chi connectivity index (χ1n) is 7.31. The molecule has 2 heteroatoms. The molecule has 0 aliphatic carbocycles. The summed E-state index contributed by atoms with van der Waals surface area (Å²) in [7, 11) is 0. The van der Waals surface area contributed by atoms with Gasteiger partial charge in [0.15, 0.2) is 0 Å². The topological polar surface area (TPSA) is 20.3 Å². The molecule has 0 heterocycles. The van der Waals surface area contributed by atoms with Gasteiger partial charge in [0.05, 0.1) is 0 Å². The Kier molecular flexibility index (Phi) is 4.46. The van der Waals surface area contributed by atoms with Crippen LogP contribution in [0.3, 0.4) is 0 Å². The summed E-state index contributed by atoms with van der Waals surface area (Å²) in [6.45, 7) is 8.31. The number of benzene rings is 2. The van der Waals surface area contributed by atoms with Crippen molar-refractivity contribution in [2.45, 2.75) is 34.1 Å².